The van der Waals surface area contributed by atoms with Crippen molar-refractivity contribution in [2.45, 2.75) is 45.6 Å². The van der Waals surface area contributed by atoms with Gasteiger partial charge in [-0.3, -0.25) is 0 Å². The number of nitrogens with zero attached hydrogens (tertiary/aromatic N) is 1. The Morgan fingerprint density at radius 2 is 1.28 bits per heavy atom. The lowest BCUT2D eigenvalue weighted by Gasteiger charge is -2.42. The van der Waals surface area contributed by atoms with Crippen LogP contribution in [0.1, 0.15) is 40.0 Å². The normalized spacial score (nSPS) is 17.1. The molecule has 0 aromatic heterocycles. The third-order valence-electron chi connectivity index (χ3n) is 4.06. The van der Waals surface area contributed by atoms with E-state index in [1.54, 1.807) is 0 Å². The highest BCUT2D eigenvalue weighted by molar-refractivity contribution is 6.27. The number of carboxylic acids is 4. The minimum absolute atomic E-state index is 0.151. The van der Waals surface area contributed by atoms with E-state index in [1.165, 1.54) is 6.42 Å². The van der Waals surface area contributed by atoms with Crippen LogP contribution in [0.2, 0.25) is 0 Å². The molecule has 0 saturated carbocycles. The fourth-order valence-corrected chi connectivity index (χ4v) is 2.60. The van der Waals surface area contributed by atoms with Crippen LogP contribution in [0.5, 0.6) is 0 Å². The van der Waals surface area contributed by atoms with E-state index in [2.05, 4.69) is 5.32 Å². The Hall–Kier alpha value is -2.89. The number of rotatable bonds is 0. The Labute approximate surface area is 167 Å². The Morgan fingerprint density at radius 1 is 0.828 bits per heavy atom. The molecule has 12 nitrogen and oxygen atoms in total. The molecule has 0 aromatic carbocycles. The molecule has 12 heteroatoms. The Balaban J connectivity index is 0.000000542. The molecule has 0 aliphatic carbocycles. The standard InChI is InChI=1S/C13H24N2O2.2C2H2O4/c1-12(2,3)17-11(16)15-7-4-5-13(6-8-15)9-14-10-13;2*3-1(4)2(5)6/h14H,4-10H2,1-3H3;2*(H,3,4)(H,5,6). The van der Waals surface area contributed by atoms with E-state index >= 15 is 0 Å². The molecule has 2 aliphatic heterocycles. The maximum atomic E-state index is 12.0. The Bertz CT molecular complexity index is 574. The smallest absolute Gasteiger partial charge is 0.414 e. The molecule has 1 spiro atoms. The van der Waals surface area contributed by atoms with E-state index in [9.17, 15) is 4.79 Å². The van der Waals surface area contributed by atoms with Gasteiger partial charge >= 0.3 is 30.0 Å². The molecule has 0 aromatic rings. The summed E-state index contributed by atoms with van der Waals surface area (Å²) in [6, 6.07) is 0. The van der Waals surface area contributed by atoms with Crippen LogP contribution >= 0.6 is 0 Å². The van der Waals surface area contributed by atoms with Gasteiger partial charge in [0.15, 0.2) is 0 Å². The largest absolute Gasteiger partial charge is 0.473 e. The topological polar surface area (TPSA) is 191 Å². The summed E-state index contributed by atoms with van der Waals surface area (Å²) in [5.41, 5.74) is 0.0792. The van der Waals surface area contributed by atoms with Gasteiger partial charge in [0.1, 0.15) is 5.60 Å². The van der Waals surface area contributed by atoms with Gasteiger partial charge in [0.2, 0.25) is 0 Å². The lowest BCUT2D eigenvalue weighted by molar-refractivity contribution is -0.159. The van der Waals surface area contributed by atoms with Crippen molar-refractivity contribution in [3.05, 3.63) is 0 Å². The minimum Gasteiger partial charge on any atom is -0.473 e. The van der Waals surface area contributed by atoms with E-state index in [1.807, 2.05) is 25.7 Å². The average molecular weight is 420 g/mol. The highest BCUT2D eigenvalue weighted by Crippen LogP contribution is 2.35. The van der Waals surface area contributed by atoms with Gasteiger partial charge in [0, 0.05) is 26.2 Å². The number of hydrogen-bond donors (Lipinski definition) is 5. The summed E-state index contributed by atoms with van der Waals surface area (Å²) in [5.74, 6) is -7.30. The van der Waals surface area contributed by atoms with Crippen molar-refractivity contribution in [3.63, 3.8) is 0 Å². The molecular formula is C17H28N2O10. The van der Waals surface area contributed by atoms with Gasteiger partial charge < -0.3 is 35.4 Å². The predicted molar refractivity (Wildman–Crippen MR) is 97.5 cm³/mol. The summed E-state index contributed by atoms with van der Waals surface area (Å²) in [6.07, 6.45) is 3.29. The van der Waals surface area contributed by atoms with E-state index in [0.717, 1.165) is 39.0 Å². The predicted octanol–water partition coefficient (Wildman–Crippen LogP) is 0.308. The monoisotopic (exact) mass is 420 g/mol. The second-order valence-corrected chi connectivity index (χ2v) is 7.65. The van der Waals surface area contributed by atoms with Gasteiger partial charge in [-0.25, -0.2) is 24.0 Å². The second kappa shape index (κ2) is 11.2. The van der Waals surface area contributed by atoms with Crippen LogP contribution in [0, 0.1) is 5.41 Å². The fraction of sp³-hybridized carbons (Fsp3) is 0.706. The van der Waals surface area contributed by atoms with Crippen LogP contribution in [0.25, 0.3) is 0 Å². The van der Waals surface area contributed by atoms with Gasteiger partial charge in [0.05, 0.1) is 0 Å². The Kier molecular flexibility index (Phi) is 10.1. The molecule has 2 rings (SSSR count). The van der Waals surface area contributed by atoms with Crippen molar-refractivity contribution in [2.24, 2.45) is 5.41 Å². The molecular weight excluding hydrogens is 392 g/mol. The summed E-state index contributed by atoms with van der Waals surface area (Å²) in [7, 11) is 0. The third kappa shape index (κ3) is 10.9. The number of hydrogen-bond acceptors (Lipinski definition) is 7. The number of carbonyl (C=O) groups is 5. The highest BCUT2D eigenvalue weighted by atomic mass is 16.6. The molecule has 0 radical (unpaired) electrons. The van der Waals surface area contributed by atoms with Gasteiger partial charge in [-0.2, -0.15) is 0 Å². The fourth-order valence-electron chi connectivity index (χ4n) is 2.60. The van der Waals surface area contributed by atoms with Crippen LogP contribution in [-0.2, 0) is 23.9 Å². The molecule has 2 aliphatic rings. The molecule has 0 bridgehead atoms. The molecule has 0 atom stereocenters. The van der Waals surface area contributed by atoms with E-state index in [-0.39, 0.29) is 11.7 Å². The van der Waals surface area contributed by atoms with Crippen LogP contribution in [-0.4, -0.2) is 87.1 Å². The van der Waals surface area contributed by atoms with Crippen LogP contribution in [0.15, 0.2) is 0 Å². The molecule has 166 valence electrons. The first kappa shape index (κ1) is 26.1. The van der Waals surface area contributed by atoms with Crippen molar-refractivity contribution in [2.75, 3.05) is 26.2 Å². The van der Waals surface area contributed by atoms with Gasteiger partial charge in [-0.1, -0.05) is 0 Å². The summed E-state index contributed by atoms with van der Waals surface area (Å²) >= 11 is 0. The first-order valence-corrected chi connectivity index (χ1v) is 8.80. The molecule has 2 heterocycles. The third-order valence-corrected chi connectivity index (χ3v) is 4.06. The lowest BCUT2D eigenvalue weighted by Crippen LogP contribution is -2.53. The van der Waals surface area contributed by atoms with E-state index < -0.39 is 23.9 Å². The van der Waals surface area contributed by atoms with Gasteiger partial charge in [0.25, 0.3) is 0 Å². The summed E-state index contributed by atoms with van der Waals surface area (Å²) in [5, 5.41) is 32.9. The SMILES string of the molecule is CC(C)(C)OC(=O)N1CCCC2(CC1)CNC2.O=C(O)C(=O)O.O=C(O)C(=O)O. The van der Waals surface area contributed by atoms with Crippen molar-refractivity contribution >= 4 is 30.0 Å². The summed E-state index contributed by atoms with van der Waals surface area (Å²) < 4.78 is 5.42. The van der Waals surface area contributed by atoms with Crippen molar-refractivity contribution in [1.29, 1.82) is 0 Å². The summed E-state index contributed by atoms with van der Waals surface area (Å²) in [6.45, 7) is 9.68. The molecule has 0 unspecified atom stereocenters. The zero-order valence-corrected chi connectivity index (χ0v) is 16.6. The number of likely N-dealkylation sites (tertiary alicyclic amines) is 1. The molecule has 5 N–H and O–H groups in total. The van der Waals surface area contributed by atoms with Gasteiger partial charge in [-0.05, 0) is 45.4 Å². The average Bonchev–Trinajstić information content (AvgIpc) is 2.77. The van der Waals surface area contributed by atoms with E-state index in [4.69, 9.17) is 44.3 Å². The van der Waals surface area contributed by atoms with Crippen molar-refractivity contribution < 1.29 is 49.1 Å². The first-order valence-electron chi connectivity index (χ1n) is 8.80. The number of aliphatic carboxylic acids is 4. The van der Waals surface area contributed by atoms with Crippen LogP contribution in [0.3, 0.4) is 0 Å². The zero-order valence-electron chi connectivity index (χ0n) is 16.6. The minimum atomic E-state index is -1.82. The molecule has 29 heavy (non-hydrogen) atoms. The quantitative estimate of drug-likeness (QED) is 0.339. The number of amides is 1. The van der Waals surface area contributed by atoms with Crippen LogP contribution < -0.4 is 5.32 Å². The maximum Gasteiger partial charge on any atom is 0.414 e. The molecule has 2 fully saturated rings. The van der Waals surface area contributed by atoms with Crippen molar-refractivity contribution in [1.82, 2.24) is 10.2 Å². The number of carboxylic acid groups (broad SMARTS) is 4. The van der Waals surface area contributed by atoms with E-state index in [0.29, 0.717) is 5.41 Å². The Morgan fingerprint density at radius 3 is 1.59 bits per heavy atom. The van der Waals surface area contributed by atoms with Gasteiger partial charge in [-0.15, -0.1) is 0 Å². The first-order chi connectivity index (χ1) is 13.2. The lowest BCUT2D eigenvalue weighted by atomic mass is 9.75. The summed E-state index contributed by atoms with van der Waals surface area (Å²) in [4.78, 5) is 50.2. The number of ether oxygens (including phenoxy) is 1. The molecule has 2 saturated heterocycles. The van der Waals surface area contributed by atoms with Crippen molar-refractivity contribution in [3.8, 4) is 0 Å². The number of nitrogens with one attached hydrogen (secondary N) is 1. The zero-order chi connectivity index (χ0) is 22.8. The molecule has 1 amide bonds. The maximum absolute atomic E-state index is 12.0. The second-order valence-electron chi connectivity index (χ2n) is 7.65. The number of carbonyl (C=O) groups excluding carboxylic acids is 1. The van der Waals surface area contributed by atoms with Crippen LogP contribution in [0.4, 0.5) is 4.79 Å². The highest BCUT2D eigenvalue weighted by Gasteiger charge is 2.39.